The Labute approximate surface area is 141 Å². The lowest BCUT2D eigenvalue weighted by atomic mass is 9.97. The van der Waals surface area contributed by atoms with Crippen LogP contribution < -0.4 is 0 Å². The zero-order chi connectivity index (χ0) is 18.1. The molecule has 0 saturated carbocycles. The maximum absolute atomic E-state index is 13.7. The Balaban J connectivity index is 1.69. The summed E-state index contributed by atoms with van der Waals surface area (Å²) in [6.07, 6.45) is -0.282. The lowest BCUT2D eigenvalue weighted by Gasteiger charge is -2.16. The van der Waals surface area contributed by atoms with Crippen LogP contribution in [-0.2, 0) is 9.63 Å². The molecule has 0 spiro atoms. The van der Waals surface area contributed by atoms with Crippen LogP contribution in [0.25, 0.3) is 0 Å². The van der Waals surface area contributed by atoms with E-state index in [4.69, 9.17) is 4.84 Å². The molecule has 0 bridgehead atoms. The molecule has 1 aliphatic heterocycles. The van der Waals surface area contributed by atoms with Gasteiger partial charge in [-0.2, -0.15) is 0 Å². The predicted octanol–water partition coefficient (Wildman–Crippen LogP) is 3.21. The molecular formula is C18H13F2NO4. The van der Waals surface area contributed by atoms with Gasteiger partial charge in [0.05, 0.1) is 17.5 Å². The molecule has 7 heteroatoms. The summed E-state index contributed by atoms with van der Waals surface area (Å²) in [6.45, 7) is 1.56. The second kappa shape index (κ2) is 6.43. The van der Waals surface area contributed by atoms with Gasteiger partial charge < -0.3 is 4.84 Å². The van der Waals surface area contributed by atoms with Crippen molar-refractivity contribution in [3.8, 4) is 0 Å². The largest absolute Gasteiger partial charge is 0.333 e. The Morgan fingerprint density at radius 3 is 2.24 bits per heavy atom. The van der Waals surface area contributed by atoms with Crippen LogP contribution in [0.3, 0.4) is 0 Å². The lowest BCUT2D eigenvalue weighted by Crippen LogP contribution is -2.33. The van der Waals surface area contributed by atoms with Crippen LogP contribution in [0.5, 0.6) is 0 Å². The molecule has 1 unspecified atom stereocenters. The number of imide groups is 1. The van der Waals surface area contributed by atoms with Gasteiger partial charge in [0.25, 0.3) is 11.8 Å². The minimum atomic E-state index is -0.870. The first-order valence-electron chi connectivity index (χ1n) is 7.52. The van der Waals surface area contributed by atoms with Crippen molar-refractivity contribution < 1.29 is 28.0 Å². The van der Waals surface area contributed by atoms with Gasteiger partial charge in [-0.1, -0.05) is 30.2 Å². The highest BCUT2D eigenvalue weighted by Gasteiger charge is 2.38. The van der Waals surface area contributed by atoms with Crippen LogP contribution in [0.15, 0.2) is 42.5 Å². The molecule has 1 aliphatic rings. The molecule has 0 radical (unpaired) electrons. The number of benzene rings is 2. The Morgan fingerprint density at radius 1 is 1.08 bits per heavy atom. The van der Waals surface area contributed by atoms with Crippen molar-refractivity contribution in [3.05, 3.63) is 70.8 Å². The first-order valence-corrected chi connectivity index (χ1v) is 7.52. The number of rotatable bonds is 4. The normalized spacial score (nSPS) is 14.4. The standard InChI is InChI=1S/C18H13F2NO4/c1-10(12-7-6-11(19)9-15(12)20)8-16(22)25-21-17(23)13-4-2-3-5-14(13)18(21)24/h2-7,9-10H,8H2,1H3. The topological polar surface area (TPSA) is 63.7 Å². The van der Waals surface area contributed by atoms with Gasteiger partial charge in [-0.25, -0.2) is 13.6 Å². The van der Waals surface area contributed by atoms with Gasteiger partial charge in [0.15, 0.2) is 0 Å². The number of hydrogen-bond donors (Lipinski definition) is 0. The van der Waals surface area contributed by atoms with Crippen molar-refractivity contribution in [2.45, 2.75) is 19.3 Å². The summed E-state index contributed by atoms with van der Waals surface area (Å²) >= 11 is 0. The monoisotopic (exact) mass is 345 g/mol. The maximum atomic E-state index is 13.7. The number of fused-ring (bicyclic) bond motifs is 1. The van der Waals surface area contributed by atoms with Crippen molar-refractivity contribution in [2.75, 3.05) is 0 Å². The molecule has 2 aromatic rings. The number of hydrogen-bond acceptors (Lipinski definition) is 4. The zero-order valence-corrected chi connectivity index (χ0v) is 13.2. The summed E-state index contributed by atoms with van der Waals surface area (Å²) in [5.41, 5.74) is 0.441. The summed E-state index contributed by atoms with van der Waals surface area (Å²) < 4.78 is 26.7. The first kappa shape index (κ1) is 16.8. The highest BCUT2D eigenvalue weighted by atomic mass is 19.1. The van der Waals surface area contributed by atoms with Crippen LogP contribution >= 0.6 is 0 Å². The minimum absolute atomic E-state index is 0.140. The van der Waals surface area contributed by atoms with Gasteiger partial charge in [-0.3, -0.25) is 9.59 Å². The van der Waals surface area contributed by atoms with Gasteiger partial charge in [0.1, 0.15) is 11.6 Å². The Bertz CT molecular complexity index is 846. The van der Waals surface area contributed by atoms with E-state index in [0.717, 1.165) is 12.1 Å². The van der Waals surface area contributed by atoms with E-state index in [0.29, 0.717) is 5.06 Å². The third kappa shape index (κ3) is 3.13. The summed E-state index contributed by atoms with van der Waals surface area (Å²) in [7, 11) is 0. The van der Waals surface area contributed by atoms with E-state index < -0.39 is 35.3 Å². The molecule has 2 aromatic carbocycles. The average Bonchev–Trinajstić information content (AvgIpc) is 2.80. The molecule has 2 amide bonds. The van der Waals surface area contributed by atoms with E-state index in [1.165, 1.54) is 18.2 Å². The minimum Gasteiger partial charge on any atom is -0.330 e. The van der Waals surface area contributed by atoms with Gasteiger partial charge in [0.2, 0.25) is 0 Å². The van der Waals surface area contributed by atoms with Crippen molar-refractivity contribution in [1.29, 1.82) is 0 Å². The van der Waals surface area contributed by atoms with Crippen LogP contribution in [0, 0.1) is 11.6 Å². The number of hydroxylamine groups is 2. The van der Waals surface area contributed by atoms with Gasteiger partial charge in [-0.05, 0) is 29.7 Å². The van der Waals surface area contributed by atoms with Crippen LogP contribution in [-0.4, -0.2) is 22.8 Å². The summed E-state index contributed by atoms with van der Waals surface area (Å²) in [4.78, 5) is 41.1. The van der Waals surface area contributed by atoms with Crippen molar-refractivity contribution in [1.82, 2.24) is 5.06 Å². The molecule has 128 valence electrons. The van der Waals surface area contributed by atoms with Crippen LogP contribution in [0.2, 0.25) is 0 Å². The number of carbonyl (C=O) groups is 3. The van der Waals surface area contributed by atoms with E-state index in [-0.39, 0.29) is 23.1 Å². The second-order valence-corrected chi connectivity index (χ2v) is 5.68. The highest BCUT2D eigenvalue weighted by Crippen LogP contribution is 2.26. The van der Waals surface area contributed by atoms with Crippen molar-refractivity contribution in [3.63, 3.8) is 0 Å². The molecule has 0 aromatic heterocycles. The number of halogens is 2. The SMILES string of the molecule is CC(CC(=O)ON1C(=O)c2ccccc2C1=O)c1ccc(F)cc1F. The fourth-order valence-electron chi connectivity index (χ4n) is 2.65. The number of nitrogens with zero attached hydrogens (tertiary/aromatic N) is 1. The Morgan fingerprint density at radius 2 is 1.68 bits per heavy atom. The van der Waals surface area contributed by atoms with E-state index in [1.54, 1.807) is 19.1 Å². The predicted molar refractivity (Wildman–Crippen MR) is 82.4 cm³/mol. The fourth-order valence-corrected chi connectivity index (χ4v) is 2.65. The molecule has 1 atom stereocenters. The molecule has 1 heterocycles. The van der Waals surface area contributed by atoms with E-state index in [1.807, 2.05) is 0 Å². The van der Waals surface area contributed by atoms with Gasteiger partial charge in [0, 0.05) is 6.07 Å². The Hall–Kier alpha value is -3.09. The number of amides is 2. The summed E-state index contributed by atoms with van der Waals surface area (Å²) in [5, 5.41) is 0.404. The molecule has 0 aliphatic carbocycles. The van der Waals surface area contributed by atoms with Gasteiger partial charge in [-0.15, -0.1) is 0 Å². The zero-order valence-electron chi connectivity index (χ0n) is 13.2. The fraction of sp³-hybridized carbons (Fsp3) is 0.167. The van der Waals surface area contributed by atoms with E-state index in [9.17, 15) is 23.2 Å². The number of carbonyl (C=O) groups excluding carboxylic acids is 3. The molecule has 0 fully saturated rings. The molecular weight excluding hydrogens is 332 g/mol. The molecule has 3 rings (SSSR count). The van der Waals surface area contributed by atoms with Crippen molar-refractivity contribution in [2.24, 2.45) is 0 Å². The third-order valence-electron chi connectivity index (χ3n) is 3.92. The highest BCUT2D eigenvalue weighted by molar-refractivity contribution is 6.20. The van der Waals surface area contributed by atoms with E-state index >= 15 is 0 Å². The van der Waals surface area contributed by atoms with Crippen molar-refractivity contribution >= 4 is 17.8 Å². The summed E-state index contributed by atoms with van der Waals surface area (Å²) in [6, 6.07) is 9.15. The third-order valence-corrected chi connectivity index (χ3v) is 3.92. The Kier molecular flexibility index (Phi) is 4.31. The first-order chi connectivity index (χ1) is 11.9. The maximum Gasteiger partial charge on any atom is 0.333 e. The average molecular weight is 345 g/mol. The smallest absolute Gasteiger partial charge is 0.330 e. The molecule has 25 heavy (non-hydrogen) atoms. The van der Waals surface area contributed by atoms with Crippen LogP contribution in [0.1, 0.15) is 45.5 Å². The molecule has 0 saturated heterocycles. The van der Waals surface area contributed by atoms with Crippen LogP contribution in [0.4, 0.5) is 8.78 Å². The van der Waals surface area contributed by atoms with Gasteiger partial charge >= 0.3 is 5.97 Å². The van der Waals surface area contributed by atoms with E-state index in [2.05, 4.69) is 0 Å². The second-order valence-electron chi connectivity index (χ2n) is 5.68. The quantitative estimate of drug-likeness (QED) is 0.798. The summed E-state index contributed by atoms with van der Waals surface area (Å²) in [5.74, 6) is -4.44. The molecule has 5 nitrogen and oxygen atoms in total. The lowest BCUT2D eigenvalue weighted by molar-refractivity contribution is -0.168. The molecule has 0 N–H and O–H groups in total.